The van der Waals surface area contributed by atoms with Gasteiger partial charge in [-0.05, 0) is 38.3 Å². The van der Waals surface area contributed by atoms with Crippen molar-refractivity contribution >= 4 is 5.97 Å². The van der Waals surface area contributed by atoms with Gasteiger partial charge in [-0.3, -0.25) is 9.78 Å². The van der Waals surface area contributed by atoms with E-state index in [-0.39, 0.29) is 18.4 Å². The fraction of sp³-hybridized carbons (Fsp3) is 0.529. The quantitative estimate of drug-likeness (QED) is 0.816. The molecule has 120 valence electrons. The Kier molecular flexibility index (Phi) is 5.69. The Labute approximate surface area is 131 Å². The maximum Gasteiger partial charge on any atom is 0.303 e. The molecule has 1 aliphatic heterocycles. The monoisotopic (exact) mass is 305 g/mol. The molecule has 0 spiro atoms. The average Bonchev–Trinajstić information content (AvgIpc) is 2.48. The van der Waals surface area contributed by atoms with Gasteiger partial charge in [0.05, 0.1) is 12.7 Å². The van der Waals surface area contributed by atoms with Crippen LogP contribution in [0.15, 0.2) is 36.7 Å². The lowest BCUT2D eigenvalue weighted by atomic mass is 9.92. The standard InChI is InChI=1S/C17H23NO4/c1-17(2)21-12-14(7-4-3-5-9-15(19)20)16(22-17)13-8-6-10-18-11-13/h3-4,6,8,10-11,14,16H,5,7,9,12H2,1-2H3,(H,19,20)/b4-3-/t14-,16-/m1/s1. The molecule has 5 heteroatoms. The molecule has 2 heterocycles. The van der Waals surface area contributed by atoms with E-state index in [4.69, 9.17) is 14.6 Å². The van der Waals surface area contributed by atoms with Crippen LogP contribution in [-0.4, -0.2) is 28.5 Å². The molecule has 2 atom stereocenters. The maximum absolute atomic E-state index is 10.5. The SMILES string of the molecule is CC1(C)OC[C@@H](C/C=C\CCC(=O)O)[C@@H](c2cccnc2)O1. The Bertz CT molecular complexity index is 513. The number of aliphatic carboxylic acids is 1. The summed E-state index contributed by atoms with van der Waals surface area (Å²) in [4.78, 5) is 14.7. The number of carboxylic acids is 1. The van der Waals surface area contributed by atoms with Crippen LogP contribution in [0.4, 0.5) is 0 Å². The predicted octanol–water partition coefficient (Wildman–Crippen LogP) is 3.33. The van der Waals surface area contributed by atoms with E-state index in [1.165, 1.54) is 0 Å². The molecule has 0 aliphatic carbocycles. The van der Waals surface area contributed by atoms with E-state index in [9.17, 15) is 4.79 Å². The van der Waals surface area contributed by atoms with Crippen LogP contribution < -0.4 is 0 Å². The van der Waals surface area contributed by atoms with Gasteiger partial charge in [-0.15, -0.1) is 0 Å². The fourth-order valence-electron chi connectivity index (χ4n) is 2.50. The summed E-state index contributed by atoms with van der Waals surface area (Å²) in [6.45, 7) is 4.43. The summed E-state index contributed by atoms with van der Waals surface area (Å²) >= 11 is 0. The van der Waals surface area contributed by atoms with E-state index in [1.807, 2.05) is 44.3 Å². The van der Waals surface area contributed by atoms with Crippen molar-refractivity contribution in [3.8, 4) is 0 Å². The van der Waals surface area contributed by atoms with Gasteiger partial charge in [0.1, 0.15) is 0 Å². The number of nitrogens with zero attached hydrogens (tertiary/aromatic N) is 1. The van der Waals surface area contributed by atoms with Crippen LogP contribution >= 0.6 is 0 Å². The fourth-order valence-corrected chi connectivity index (χ4v) is 2.50. The van der Waals surface area contributed by atoms with E-state index in [0.29, 0.717) is 13.0 Å². The van der Waals surface area contributed by atoms with Crippen molar-refractivity contribution in [2.75, 3.05) is 6.61 Å². The van der Waals surface area contributed by atoms with Crippen molar-refractivity contribution in [2.24, 2.45) is 5.92 Å². The first-order chi connectivity index (χ1) is 10.5. The second-order valence-corrected chi connectivity index (χ2v) is 5.94. The van der Waals surface area contributed by atoms with Gasteiger partial charge in [-0.2, -0.15) is 0 Å². The highest BCUT2D eigenvalue weighted by Gasteiger charge is 2.36. The molecule has 0 saturated carbocycles. The molecular weight excluding hydrogens is 282 g/mol. The lowest BCUT2D eigenvalue weighted by Crippen LogP contribution is -2.41. The third-order valence-corrected chi connectivity index (χ3v) is 3.63. The zero-order valence-electron chi connectivity index (χ0n) is 13.1. The van der Waals surface area contributed by atoms with Gasteiger partial charge < -0.3 is 14.6 Å². The summed E-state index contributed by atoms with van der Waals surface area (Å²) in [5, 5.41) is 8.63. The Morgan fingerprint density at radius 1 is 1.50 bits per heavy atom. The van der Waals surface area contributed by atoms with Gasteiger partial charge in [0.2, 0.25) is 0 Å². The molecule has 2 rings (SSSR count). The van der Waals surface area contributed by atoms with Gasteiger partial charge in [0, 0.05) is 24.7 Å². The topological polar surface area (TPSA) is 68.7 Å². The molecule has 1 aromatic rings. The van der Waals surface area contributed by atoms with Gasteiger partial charge in [0.15, 0.2) is 5.79 Å². The van der Waals surface area contributed by atoms with Gasteiger partial charge in [-0.1, -0.05) is 18.2 Å². The number of ether oxygens (including phenoxy) is 2. The number of hydrogen-bond donors (Lipinski definition) is 1. The molecule has 5 nitrogen and oxygen atoms in total. The highest BCUT2D eigenvalue weighted by atomic mass is 16.7. The average molecular weight is 305 g/mol. The molecule has 0 bridgehead atoms. The first-order valence-corrected chi connectivity index (χ1v) is 7.56. The number of pyridine rings is 1. The Morgan fingerprint density at radius 3 is 3.00 bits per heavy atom. The number of carboxylic acid groups (broad SMARTS) is 1. The smallest absolute Gasteiger partial charge is 0.303 e. The lowest BCUT2D eigenvalue weighted by Gasteiger charge is -2.41. The van der Waals surface area contributed by atoms with Crippen LogP contribution in [0, 0.1) is 5.92 Å². The predicted molar refractivity (Wildman–Crippen MR) is 82.2 cm³/mol. The molecule has 0 aromatic carbocycles. The highest BCUT2D eigenvalue weighted by Crippen LogP contribution is 2.38. The third-order valence-electron chi connectivity index (χ3n) is 3.63. The van der Waals surface area contributed by atoms with E-state index in [0.717, 1.165) is 12.0 Å². The molecule has 22 heavy (non-hydrogen) atoms. The summed E-state index contributed by atoms with van der Waals surface area (Å²) in [6, 6.07) is 3.92. The second kappa shape index (κ2) is 7.51. The van der Waals surface area contributed by atoms with Crippen LogP contribution in [0.25, 0.3) is 0 Å². The van der Waals surface area contributed by atoms with Gasteiger partial charge in [-0.25, -0.2) is 0 Å². The first-order valence-electron chi connectivity index (χ1n) is 7.56. The van der Waals surface area contributed by atoms with E-state index < -0.39 is 11.8 Å². The number of hydrogen-bond acceptors (Lipinski definition) is 4. The Morgan fingerprint density at radius 2 is 2.32 bits per heavy atom. The Hall–Kier alpha value is -1.72. The van der Waals surface area contributed by atoms with Crippen molar-refractivity contribution in [1.82, 2.24) is 4.98 Å². The van der Waals surface area contributed by atoms with Crippen molar-refractivity contribution < 1.29 is 19.4 Å². The molecule has 1 aromatic heterocycles. The Balaban J connectivity index is 2.00. The van der Waals surface area contributed by atoms with E-state index in [1.54, 1.807) is 6.20 Å². The molecule has 0 amide bonds. The largest absolute Gasteiger partial charge is 0.481 e. The van der Waals surface area contributed by atoms with Gasteiger partial charge >= 0.3 is 5.97 Å². The molecule has 1 fully saturated rings. The summed E-state index contributed by atoms with van der Waals surface area (Å²) in [7, 11) is 0. The zero-order chi connectivity index (χ0) is 16.0. The number of aromatic nitrogens is 1. The van der Waals surface area contributed by atoms with Crippen molar-refractivity contribution in [3.63, 3.8) is 0 Å². The normalized spacial score (nSPS) is 24.5. The van der Waals surface area contributed by atoms with Crippen LogP contribution in [-0.2, 0) is 14.3 Å². The van der Waals surface area contributed by atoms with Crippen LogP contribution in [0.3, 0.4) is 0 Å². The third kappa shape index (κ3) is 4.93. The summed E-state index contributed by atoms with van der Waals surface area (Å²) in [6.07, 6.45) is 8.93. The first kappa shape index (κ1) is 16.6. The molecule has 1 aliphatic rings. The highest BCUT2D eigenvalue weighted by molar-refractivity contribution is 5.66. The van der Waals surface area contributed by atoms with Crippen LogP contribution in [0.2, 0.25) is 0 Å². The van der Waals surface area contributed by atoms with E-state index >= 15 is 0 Å². The van der Waals surface area contributed by atoms with E-state index in [2.05, 4.69) is 4.98 Å². The van der Waals surface area contributed by atoms with Crippen molar-refractivity contribution in [3.05, 3.63) is 42.2 Å². The summed E-state index contributed by atoms with van der Waals surface area (Å²) < 4.78 is 11.8. The number of allylic oxidation sites excluding steroid dienone is 2. The minimum atomic E-state index is -0.774. The minimum Gasteiger partial charge on any atom is -0.481 e. The van der Waals surface area contributed by atoms with Crippen LogP contribution in [0.5, 0.6) is 0 Å². The van der Waals surface area contributed by atoms with Crippen molar-refractivity contribution in [1.29, 1.82) is 0 Å². The summed E-state index contributed by atoms with van der Waals surface area (Å²) in [5.41, 5.74) is 1.04. The van der Waals surface area contributed by atoms with Crippen molar-refractivity contribution in [2.45, 2.75) is 45.0 Å². The maximum atomic E-state index is 10.5. The lowest BCUT2D eigenvalue weighted by molar-refractivity contribution is -0.295. The zero-order valence-corrected chi connectivity index (χ0v) is 13.1. The minimum absolute atomic E-state index is 0.0680. The summed E-state index contributed by atoms with van der Waals surface area (Å²) in [5.74, 6) is -1.19. The van der Waals surface area contributed by atoms with Gasteiger partial charge in [0.25, 0.3) is 0 Å². The second-order valence-electron chi connectivity index (χ2n) is 5.94. The molecule has 0 radical (unpaired) electrons. The van der Waals surface area contributed by atoms with Crippen LogP contribution in [0.1, 0.15) is 44.8 Å². The molecule has 1 N–H and O–H groups in total. The molecule has 1 saturated heterocycles. The number of rotatable bonds is 6. The number of carbonyl (C=O) groups is 1. The molecular formula is C17H23NO4. The molecule has 0 unspecified atom stereocenters.